The minimum Gasteiger partial charge on any atom is -0.461 e. The fourth-order valence-electron chi connectivity index (χ4n) is 2.81. The van der Waals surface area contributed by atoms with Crippen LogP contribution in [0.4, 0.5) is 4.79 Å². The highest BCUT2D eigenvalue weighted by molar-refractivity contribution is 5.73. The summed E-state index contributed by atoms with van der Waals surface area (Å²) in [5.41, 5.74) is 0. The minimum absolute atomic E-state index is 0.0538. The molecule has 25 heavy (non-hydrogen) atoms. The van der Waals surface area contributed by atoms with Crippen LogP contribution in [0.15, 0.2) is 22.8 Å². The van der Waals surface area contributed by atoms with E-state index < -0.39 is 0 Å². The van der Waals surface area contributed by atoms with Crippen LogP contribution in [0.1, 0.15) is 18.7 Å². The van der Waals surface area contributed by atoms with Crippen LogP contribution in [0.2, 0.25) is 0 Å². The van der Waals surface area contributed by atoms with Crippen LogP contribution in [0, 0.1) is 5.92 Å². The van der Waals surface area contributed by atoms with Gasteiger partial charge in [-0.15, -0.1) is 5.10 Å². The predicted molar refractivity (Wildman–Crippen MR) is 88.7 cm³/mol. The van der Waals surface area contributed by atoms with Gasteiger partial charge in [-0.25, -0.2) is 9.78 Å². The maximum absolute atomic E-state index is 12.0. The van der Waals surface area contributed by atoms with E-state index in [4.69, 9.17) is 13.9 Å². The van der Waals surface area contributed by atoms with Gasteiger partial charge in [0, 0.05) is 26.2 Å². The van der Waals surface area contributed by atoms with Crippen molar-refractivity contribution in [1.29, 1.82) is 0 Å². The summed E-state index contributed by atoms with van der Waals surface area (Å²) in [6.45, 7) is 2.15. The number of aromatic nitrogens is 3. The number of H-pyrrole nitrogens is 1. The molecule has 0 aromatic carbocycles. The van der Waals surface area contributed by atoms with Crippen LogP contribution in [-0.4, -0.2) is 54.2 Å². The molecule has 1 saturated heterocycles. The molecule has 3 heterocycles. The first-order valence-electron chi connectivity index (χ1n) is 8.33. The lowest BCUT2D eigenvalue weighted by Gasteiger charge is -2.29. The number of hydrogen-bond donors (Lipinski definition) is 3. The molecule has 2 aromatic heterocycles. The molecule has 1 aliphatic heterocycles. The van der Waals surface area contributed by atoms with Gasteiger partial charge in [-0.1, -0.05) is 0 Å². The Bertz CT molecular complexity index is 651. The van der Waals surface area contributed by atoms with Crippen LogP contribution in [0.3, 0.4) is 0 Å². The molecule has 1 fully saturated rings. The van der Waals surface area contributed by atoms with Crippen LogP contribution in [-0.2, 0) is 16.0 Å². The van der Waals surface area contributed by atoms with Gasteiger partial charge in [0.2, 0.25) is 5.82 Å². The van der Waals surface area contributed by atoms with E-state index in [0.29, 0.717) is 36.5 Å². The van der Waals surface area contributed by atoms with Crippen molar-refractivity contribution in [1.82, 2.24) is 25.8 Å². The quantitative estimate of drug-likeness (QED) is 0.694. The number of carbonyl (C=O) groups excluding carboxylic acids is 1. The largest absolute Gasteiger partial charge is 0.461 e. The third kappa shape index (κ3) is 4.80. The van der Waals surface area contributed by atoms with Crippen molar-refractivity contribution < 1.29 is 18.7 Å². The lowest BCUT2D eigenvalue weighted by atomic mass is 9.96. The second kappa shape index (κ2) is 8.63. The van der Waals surface area contributed by atoms with Gasteiger partial charge in [0.05, 0.1) is 25.5 Å². The number of urea groups is 1. The van der Waals surface area contributed by atoms with Crippen LogP contribution in [0.5, 0.6) is 0 Å². The van der Waals surface area contributed by atoms with Crippen molar-refractivity contribution in [3.8, 4) is 11.6 Å². The third-order valence-electron chi connectivity index (χ3n) is 4.18. The molecule has 2 amide bonds. The van der Waals surface area contributed by atoms with Gasteiger partial charge < -0.3 is 24.5 Å². The number of methoxy groups -OCH3 is 1. The van der Waals surface area contributed by atoms with E-state index in [2.05, 4.69) is 25.8 Å². The Morgan fingerprint density at radius 1 is 1.52 bits per heavy atom. The molecule has 9 heteroatoms. The summed E-state index contributed by atoms with van der Waals surface area (Å²) in [6, 6.07) is 3.25. The SMILES string of the molecule is COC(CNC(=O)NCc1nc(-c2ccco2)n[nH]1)C1CCCOC1. The Morgan fingerprint density at radius 2 is 2.44 bits per heavy atom. The van der Waals surface area contributed by atoms with Gasteiger partial charge in [0.25, 0.3) is 0 Å². The molecule has 1 aliphatic rings. The first kappa shape index (κ1) is 17.4. The summed E-state index contributed by atoms with van der Waals surface area (Å²) in [7, 11) is 1.66. The number of rotatable bonds is 7. The van der Waals surface area contributed by atoms with Crippen LogP contribution < -0.4 is 10.6 Å². The second-order valence-electron chi connectivity index (χ2n) is 5.90. The summed E-state index contributed by atoms with van der Waals surface area (Å²) in [6.07, 6.45) is 3.58. The van der Waals surface area contributed by atoms with E-state index in [1.54, 1.807) is 25.5 Å². The number of hydrogen-bond acceptors (Lipinski definition) is 6. The fourth-order valence-corrected chi connectivity index (χ4v) is 2.81. The Labute approximate surface area is 145 Å². The van der Waals surface area contributed by atoms with E-state index >= 15 is 0 Å². The molecular formula is C16H23N5O4. The molecule has 3 N–H and O–H groups in total. The van der Waals surface area contributed by atoms with E-state index in [-0.39, 0.29) is 18.7 Å². The molecule has 0 spiro atoms. The first-order valence-corrected chi connectivity index (χ1v) is 8.33. The first-order chi connectivity index (χ1) is 12.3. The zero-order valence-electron chi connectivity index (χ0n) is 14.2. The Morgan fingerprint density at radius 3 is 3.16 bits per heavy atom. The van der Waals surface area contributed by atoms with Gasteiger partial charge in [0.1, 0.15) is 5.82 Å². The van der Waals surface area contributed by atoms with Gasteiger partial charge in [-0.05, 0) is 25.0 Å². The van der Waals surface area contributed by atoms with Gasteiger partial charge in [0.15, 0.2) is 5.76 Å². The van der Waals surface area contributed by atoms with E-state index in [1.165, 1.54) is 0 Å². The molecule has 136 valence electrons. The summed E-state index contributed by atoms with van der Waals surface area (Å²) in [5, 5.41) is 12.4. The van der Waals surface area contributed by atoms with E-state index in [9.17, 15) is 4.79 Å². The zero-order valence-corrected chi connectivity index (χ0v) is 14.2. The second-order valence-corrected chi connectivity index (χ2v) is 5.90. The molecule has 0 radical (unpaired) electrons. The summed E-state index contributed by atoms with van der Waals surface area (Å²) >= 11 is 0. The van der Waals surface area contributed by atoms with Crippen LogP contribution in [0.25, 0.3) is 11.6 Å². The molecule has 0 bridgehead atoms. The Balaban J connectivity index is 1.41. The van der Waals surface area contributed by atoms with E-state index in [0.717, 1.165) is 19.4 Å². The maximum atomic E-state index is 12.0. The average molecular weight is 349 g/mol. The summed E-state index contributed by atoms with van der Waals surface area (Å²) < 4.78 is 16.2. The van der Waals surface area contributed by atoms with Gasteiger partial charge >= 0.3 is 6.03 Å². The highest BCUT2D eigenvalue weighted by atomic mass is 16.5. The van der Waals surface area contributed by atoms with E-state index in [1.807, 2.05) is 0 Å². The topological polar surface area (TPSA) is 114 Å². The van der Waals surface area contributed by atoms with Gasteiger partial charge in [-0.3, -0.25) is 5.10 Å². The number of nitrogens with one attached hydrogen (secondary N) is 3. The number of carbonyl (C=O) groups is 1. The predicted octanol–water partition coefficient (Wildman–Crippen LogP) is 1.31. The van der Waals surface area contributed by atoms with Gasteiger partial charge in [-0.2, -0.15) is 0 Å². The summed E-state index contributed by atoms with van der Waals surface area (Å²) in [4.78, 5) is 16.2. The zero-order chi connectivity index (χ0) is 17.5. The number of amides is 2. The average Bonchev–Trinajstić information content (AvgIpc) is 3.33. The maximum Gasteiger partial charge on any atom is 0.315 e. The standard InChI is InChI=1S/C16H23N5O4/c1-23-13(11-4-2-6-24-10-11)8-17-16(22)18-9-14-19-15(21-20-14)12-5-3-7-25-12/h3,5,7,11,13H,2,4,6,8-10H2,1H3,(H2,17,18,22)(H,19,20,21). The molecule has 2 aromatic rings. The highest BCUT2D eigenvalue weighted by Gasteiger charge is 2.24. The normalized spacial score (nSPS) is 18.7. The molecular weight excluding hydrogens is 326 g/mol. The van der Waals surface area contributed by atoms with Crippen molar-refractivity contribution >= 4 is 6.03 Å². The number of furan rings is 1. The smallest absolute Gasteiger partial charge is 0.315 e. The number of ether oxygens (including phenoxy) is 2. The minimum atomic E-state index is -0.283. The van der Waals surface area contributed by atoms with Crippen molar-refractivity contribution in [2.24, 2.45) is 5.92 Å². The highest BCUT2D eigenvalue weighted by Crippen LogP contribution is 2.19. The summed E-state index contributed by atoms with van der Waals surface area (Å²) in [5.74, 6) is 1.89. The number of nitrogens with zero attached hydrogens (tertiary/aromatic N) is 2. The van der Waals surface area contributed by atoms with Crippen molar-refractivity contribution in [2.45, 2.75) is 25.5 Å². The molecule has 3 rings (SSSR count). The monoisotopic (exact) mass is 349 g/mol. The lowest BCUT2D eigenvalue weighted by Crippen LogP contribution is -2.44. The number of aromatic amines is 1. The van der Waals surface area contributed by atoms with Crippen molar-refractivity contribution in [2.75, 3.05) is 26.9 Å². The molecule has 2 atom stereocenters. The Hall–Kier alpha value is -2.39. The Kier molecular flexibility index (Phi) is 6.02. The van der Waals surface area contributed by atoms with Crippen molar-refractivity contribution in [3.63, 3.8) is 0 Å². The molecule has 0 aliphatic carbocycles. The molecule has 0 saturated carbocycles. The van der Waals surface area contributed by atoms with Crippen molar-refractivity contribution in [3.05, 3.63) is 24.2 Å². The molecule has 2 unspecified atom stereocenters. The fraction of sp³-hybridized carbons (Fsp3) is 0.562. The third-order valence-corrected chi connectivity index (χ3v) is 4.18. The van der Waals surface area contributed by atoms with Crippen LogP contribution >= 0.6 is 0 Å². The molecule has 9 nitrogen and oxygen atoms in total. The lowest BCUT2D eigenvalue weighted by molar-refractivity contribution is -0.0264.